The summed E-state index contributed by atoms with van der Waals surface area (Å²) in [4.78, 5) is 28.6. The number of carbonyl (C=O) groups excluding carboxylic acids is 1. The van der Waals surface area contributed by atoms with Crippen molar-refractivity contribution in [3.05, 3.63) is 40.0 Å². The van der Waals surface area contributed by atoms with Crippen LogP contribution >= 0.6 is 11.3 Å². The number of aryl methyl sites for hydroxylation is 1. The van der Waals surface area contributed by atoms with Gasteiger partial charge in [0.2, 0.25) is 5.91 Å². The predicted octanol–water partition coefficient (Wildman–Crippen LogP) is 2.06. The summed E-state index contributed by atoms with van der Waals surface area (Å²) < 4.78 is 5.45. The number of anilines is 1. The Balaban J connectivity index is 1.26. The number of fused-ring (bicyclic) bond motifs is 1. The molecule has 2 aromatic rings. The minimum absolute atomic E-state index is 0.263. The lowest BCUT2D eigenvalue weighted by Crippen LogP contribution is -2.37. The Morgan fingerprint density at radius 2 is 2.07 bits per heavy atom. The van der Waals surface area contributed by atoms with Gasteiger partial charge in [0.25, 0.3) is 0 Å². The van der Waals surface area contributed by atoms with Crippen LogP contribution in [0.1, 0.15) is 29.1 Å². The molecule has 2 atom stereocenters. The number of nitrogens with zero attached hydrogens (tertiary/aromatic N) is 5. The molecule has 2 aromatic heterocycles. The zero-order chi connectivity index (χ0) is 19.8. The molecule has 0 aliphatic carbocycles. The molecule has 5 heterocycles. The maximum atomic E-state index is 12.7. The summed E-state index contributed by atoms with van der Waals surface area (Å²) in [6.07, 6.45) is 3.57. The number of amides is 1. The van der Waals surface area contributed by atoms with E-state index in [1.54, 1.807) is 11.3 Å². The van der Waals surface area contributed by atoms with Crippen molar-refractivity contribution in [2.45, 2.75) is 44.9 Å². The number of aromatic nitrogens is 2. The van der Waals surface area contributed by atoms with Gasteiger partial charge >= 0.3 is 0 Å². The minimum atomic E-state index is 0.263. The van der Waals surface area contributed by atoms with Gasteiger partial charge in [-0.1, -0.05) is 0 Å². The summed E-state index contributed by atoms with van der Waals surface area (Å²) >= 11 is 1.65. The highest BCUT2D eigenvalue weighted by atomic mass is 32.1. The monoisotopic (exact) mass is 413 g/mol. The van der Waals surface area contributed by atoms with E-state index in [-0.39, 0.29) is 5.91 Å². The van der Waals surface area contributed by atoms with Crippen molar-refractivity contribution >= 4 is 23.1 Å². The number of ether oxygens (including phenoxy) is 1. The van der Waals surface area contributed by atoms with Gasteiger partial charge < -0.3 is 14.5 Å². The molecule has 0 unspecified atom stereocenters. The third-order valence-corrected chi connectivity index (χ3v) is 7.08. The lowest BCUT2D eigenvalue weighted by Gasteiger charge is -2.28. The number of hydrogen-bond donors (Lipinski definition) is 0. The van der Waals surface area contributed by atoms with Gasteiger partial charge in [-0.05, 0) is 31.0 Å². The van der Waals surface area contributed by atoms with Crippen molar-refractivity contribution in [1.29, 1.82) is 0 Å². The van der Waals surface area contributed by atoms with Gasteiger partial charge in [0.15, 0.2) is 0 Å². The standard InChI is InChI=1S/C21H27N5O2S/c1-15-23-17(14-29-15)13-26-18-3-5-25(19(18)11-21(26)27)12-16-2-4-22-20(10-16)24-6-8-28-9-7-24/h2,4,10,14,18-19H,3,5-9,11-13H2,1H3/t18-,19-/m0/s1. The summed E-state index contributed by atoms with van der Waals surface area (Å²) in [5.41, 5.74) is 2.28. The summed E-state index contributed by atoms with van der Waals surface area (Å²) in [5, 5.41) is 3.14. The van der Waals surface area contributed by atoms with E-state index in [9.17, 15) is 4.79 Å². The van der Waals surface area contributed by atoms with Crippen molar-refractivity contribution in [2.24, 2.45) is 0 Å². The van der Waals surface area contributed by atoms with E-state index in [0.29, 0.717) is 25.0 Å². The summed E-state index contributed by atoms with van der Waals surface area (Å²) in [7, 11) is 0. The van der Waals surface area contributed by atoms with Gasteiger partial charge in [0.1, 0.15) is 5.82 Å². The van der Waals surface area contributed by atoms with Crippen molar-refractivity contribution in [3.8, 4) is 0 Å². The fourth-order valence-corrected chi connectivity index (χ4v) is 5.43. The number of morpholine rings is 1. The first-order valence-corrected chi connectivity index (χ1v) is 11.3. The largest absolute Gasteiger partial charge is 0.378 e. The van der Waals surface area contributed by atoms with Crippen LogP contribution in [-0.2, 0) is 22.6 Å². The maximum absolute atomic E-state index is 12.7. The molecular formula is C21H27N5O2S. The van der Waals surface area contributed by atoms with Crippen molar-refractivity contribution in [2.75, 3.05) is 37.7 Å². The molecule has 5 rings (SSSR count). The molecule has 154 valence electrons. The number of hydrogen-bond acceptors (Lipinski definition) is 7. The molecular weight excluding hydrogens is 386 g/mol. The lowest BCUT2D eigenvalue weighted by atomic mass is 10.1. The first-order chi connectivity index (χ1) is 14.2. The molecule has 0 bridgehead atoms. The Bertz CT molecular complexity index is 881. The molecule has 0 radical (unpaired) electrons. The Morgan fingerprint density at radius 1 is 1.21 bits per heavy atom. The fourth-order valence-electron chi connectivity index (χ4n) is 4.83. The van der Waals surface area contributed by atoms with Crippen LogP contribution in [0.3, 0.4) is 0 Å². The maximum Gasteiger partial charge on any atom is 0.224 e. The Hall–Kier alpha value is -2.03. The Kier molecular flexibility index (Phi) is 5.24. The molecule has 1 amide bonds. The van der Waals surface area contributed by atoms with E-state index in [0.717, 1.165) is 62.3 Å². The van der Waals surface area contributed by atoms with Crippen LogP contribution in [0.25, 0.3) is 0 Å². The van der Waals surface area contributed by atoms with E-state index in [4.69, 9.17) is 4.74 Å². The van der Waals surface area contributed by atoms with E-state index in [1.165, 1.54) is 5.56 Å². The predicted molar refractivity (Wildman–Crippen MR) is 112 cm³/mol. The second-order valence-electron chi connectivity index (χ2n) is 8.10. The highest BCUT2D eigenvalue weighted by molar-refractivity contribution is 7.09. The van der Waals surface area contributed by atoms with Crippen LogP contribution in [-0.4, -0.2) is 70.6 Å². The third-order valence-electron chi connectivity index (χ3n) is 6.26. The summed E-state index contributed by atoms with van der Waals surface area (Å²) in [6, 6.07) is 4.92. The van der Waals surface area contributed by atoms with Crippen LogP contribution in [0.2, 0.25) is 0 Å². The number of likely N-dealkylation sites (tertiary alicyclic amines) is 2. The summed E-state index contributed by atoms with van der Waals surface area (Å²) in [5.74, 6) is 1.30. The first-order valence-electron chi connectivity index (χ1n) is 10.4. The van der Waals surface area contributed by atoms with Gasteiger partial charge in [-0.15, -0.1) is 11.3 Å². The van der Waals surface area contributed by atoms with E-state index >= 15 is 0 Å². The molecule has 3 aliphatic rings. The average Bonchev–Trinajstić information content (AvgIpc) is 3.41. The Labute approximate surface area is 175 Å². The third kappa shape index (κ3) is 3.89. The van der Waals surface area contributed by atoms with E-state index in [2.05, 4.69) is 42.2 Å². The van der Waals surface area contributed by atoms with Crippen LogP contribution in [0.4, 0.5) is 5.82 Å². The molecule has 0 spiro atoms. The SMILES string of the molecule is Cc1nc(CN2C(=O)C[C@H]3[C@@H]2CCN3Cc2ccnc(N3CCOCC3)c2)cs1. The minimum Gasteiger partial charge on any atom is -0.378 e. The lowest BCUT2D eigenvalue weighted by molar-refractivity contribution is -0.129. The second-order valence-corrected chi connectivity index (χ2v) is 9.16. The number of pyridine rings is 1. The molecule has 0 aromatic carbocycles. The number of carbonyl (C=O) groups is 1. The Morgan fingerprint density at radius 3 is 2.86 bits per heavy atom. The van der Waals surface area contributed by atoms with Crippen molar-refractivity contribution in [3.63, 3.8) is 0 Å². The molecule has 29 heavy (non-hydrogen) atoms. The first kappa shape index (κ1) is 19.0. The summed E-state index contributed by atoms with van der Waals surface area (Å²) in [6.45, 7) is 7.88. The van der Waals surface area contributed by atoms with E-state index < -0.39 is 0 Å². The molecule has 3 aliphatic heterocycles. The number of rotatable bonds is 5. The smallest absolute Gasteiger partial charge is 0.224 e. The van der Waals surface area contributed by atoms with Gasteiger partial charge in [-0.2, -0.15) is 0 Å². The highest BCUT2D eigenvalue weighted by Gasteiger charge is 2.46. The van der Waals surface area contributed by atoms with Gasteiger partial charge in [0, 0.05) is 56.3 Å². The van der Waals surface area contributed by atoms with Gasteiger partial charge in [0.05, 0.1) is 30.5 Å². The second kappa shape index (κ2) is 8.01. The molecule has 7 nitrogen and oxygen atoms in total. The van der Waals surface area contributed by atoms with Crippen LogP contribution in [0.5, 0.6) is 0 Å². The normalized spacial score (nSPS) is 25.1. The van der Waals surface area contributed by atoms with Crippen molar-refractivity contribution in [1.82, 2.24) is 19.8 Å². The zero-order valence-corrected chi connectivity index (χ0v) is 17.6. The number of thiazole rings is 1. The molecule has 0 N–H and O–H groups in total. The van der Waals surface area contributed by atoms with Gasteiger partial charge in [-0.3, -0.25) is 9.69 Å². The molecule has 0 saturated carbocycles. The van der Waals surface area contributed by atoms with E-state index in [1.807, 2.05) is 13.1 Å². The molecule has 3 saturated heterocycles. The molecule has 3 fully saturated rings. The fraction of sp³-hybridized carbons (Fsp3) is 0.571. The van der Waals surface area contributed by atoms with Gasteiger partial charge in [-0.25, -0.2) is 9.97 Å². The molecule has 8 heteroatoms. The van der Waals surface area contributed by atoms with Crippen molar-refractivity contribution < 1.29 is 9.53 Å². The quantitative estimate of drug-likeness (QED) is 0.748. The van der Waals surface area contributed by atoms with Crippen LogP contribution in [0.15, 0.2) is 23.7 Å². The highest BCUT2D eigenvalue weighted by Crippen LogP contribution is 2.34. The van der Waals surface area contributed by atoms with Crippen LogP contribution < -0.4 is 4.90 Å². The average molecular weight is 414 g/mol. The zero-order valence-electron chi connectivity index (χ0n) is 16.8. The van der Waals surface area contributed by atoms with Crippen LogP contribution in [0, 0.1) is 6.92 Å². The topological polar surface area (TPSA) is 61.8 Å².